The van der Waals surface area contributed by atoms with Crippen LogP contribution < -0.4 is 0 Å². The number of benzene rings is 1. The summed E-state index contributed by atoms with van der Waals surface area (Å²) in [6.45, 7) is 6.61. The second kappa shape index (κ2) is 6.56. The maximum absolute atomic E-state index is 11.8. The fraction of sp³-hybridized carbons (Fsp3) is 0.562. The summed E-state index contributed by atoms with van der Waals surface area (Å²) in [6, 6.07) is 9.89. The Morgan fingerprint density at radius 3 is 2.67 bits per heavy atom. The highest BCUT2D eigenvalue weighted by Crippen LogP contribution is 2.32. The van der Waals surface area contributed by atoms with Crippen LogP contribution in [0.2, 0.25) is 0 Å². The maximum Gasteiger partial charge on any atom is 0.366 e. The van der Waals surface area contributed by atoms with Gasteiger partial charge in [-0.05, 0) is 19.4 Å². The van der Waals surface area contributed by atoms with Crippen molar-refractivity contribution in [2.24, 2.45) is 0 Å². The molecule has 0 N–H and O–H groups in total. The van der Waals surface area contributed by atoms with Gasteiger partial charge in [-0.1, -0.05) is 30.3 Å². The average molecular weight is 294 g/mol. The Balaban J connectivity index is 1.85. The first-order valence-electron chi connectivity index (χ1n) is 7.10. The van der Waals surface area contributed by atoms with Gasteiger partial charge in [-0.3, -0.25) is 0 Å². The standard InChI is InChI=1S/C16H22O5/c1-4-19-14(17)16(3)20-12-15(2,21-16)11-18-10-13-8-6-5-7-9-13/h5-9H,4,10-12H2,1-3H3. The van der Waals surface area contributed by atoms with Gasteiger partial charge in [0.15, 0.2) is 0 Å². The van der Waals surface area contributed by atoms with Crippen LogP contribution in [0.15, 0.2) is 30.3 Å². The molecular weight excluding hydrogens is 272 g/mol. The number of carbonyl (C=O) groups is 1. The number of hydrogen-bond donors (Lipinski definition) is 0. The fourth-order valence-corrected chi connectivity index (χ4v) is 2.21. The van der Waals surface area contributed by atoms with E-state index in [1.165, 1.54) is 0 Å². The maximum atomic E-state index is 11.8. The van der Waals surface area contributed by atoms with E-state index in [2.05, 4.69) is 0 Å². The van der Waals surface area contributed by atoms with E-state index in [0.29, 0.717) is 19.8 Å². The van der Waals surface area contributed by atoms with Crippen LogP contribution in [0.3, 0.4) is 0 Å². The molecule has 5 nitrogen and oxygen atoms in total. The van der Waals surface area contributed by atoms with Gasteiger partial charge in [-0.2, -0.15) is 0 Å². The van der Waals surface area contributed by atoms with Crippen LogP contribution in [0.4, 0.5) is 0 Å². The van der Waals surface area contributed by atoms with Crippen LogP contribution in [-0.2, 0) is 30.3 Å². The first-order chi connectivity index (χ1) is 9.97. The monoisotopic (exact) mass is 294 g/mol. The molecule has 1 aliphatic rings. The van der Waals surface area contributed by atoms with E-state index in [-0.39, 0.29) is 6.61 Å². The van der Waals surface area contributed by atoms with Crippen LogP contribution in [0.5, 0.6) is 0 Å². The van der Waals surface area contributed by atoms with E-state index in [0.717, 1.165) is 5.56 Å². The third kappa shape index (κ3) is 4.03. The highest BCUT2D eigenvalue weighted by molar-refractivity contribution is 5.77. The number of ether oxygens (including phenoxy) is 4. The number of rotatable bonds is 6. The van der Waals surface area contributed by atoms with E-state index in [1.54, 1.807) is 13.8 Å². The van der Waals surface area contributed by atoms with Gasteiger partial charge >= 0.3 is 5.97 Å². The Kier molecular flexibility index (Phi) is 4.98. The normalized spacial score (nSPS) is 28.5. The molecule has 0 radical (unpaired) electrons. The number of carbonyl (C=O) groups excluding carboxylic acids is 1. The largest absolute Gasteiger partial charge is 0.462 e. The van der Waals surface area contributed by atoms with Crippen LogP contribution in [-0.4, -0.2) is 37.2 Å². The summed E-state index contributed by atoms with van der Waals surface area (Å²) in [4.78, 5) is 11.8. The van der Waals surface area contributed by atoms with Crippen molar-refractivity contribution in [1.82, 2.24) is 0 Å². The molecule has 116 valence electrons. The van der Waals surface area contributed by atoms with E-state index >= 15 is 0 Å². The lowest BCUT2D eigenvalue weighted by Gasteiger charge is -2.25. The van der Waals surface area contributed by atoms with E-state index < -0.39 is 17.4 Å². The summed E-state index contributed by atoms with van der Waals surface area (Å²) in [5.74, 6) is -1.85. The highest BCUT2D eigenvalue weighted by atomic mass is 16.8. The van der Waals surface area contributed by atoms with Crippen LogP contribution in [0.1, 0.15) is 26.3 Å². The molecule has 1 saturated heterocycles. The van der Waals surface area contributed by atoms with Crippen LogP contribution >= 0.6 is 0 Å². The third-order valence-corrected chi connectivity index (χ3v) is 3.26. The summed E-state index contributed by atoms with van der Waals surface area (Å²) in [7, 11) is 0. The predicted molar refractivity (Wildman–Crippen MR) is 76.6 cm³/mol. The lowest BCUT2D eigenvalue weighted by atomic mass is 10.1. The second-order valence-corrected chi connectivity index (χ2v) is 5.49. The summed E-state index contributed by atoms with van der Waals surface area (Å²) in [6.07, 6.45) is 0. The van der Waals surface area contributed by atoms with Gasteiger partial charge in [0.25, 0.3) is 5.79 Å². The minimum atomic E-state index is -1.35. The van der Waals surface area contributed by atoms with Gasteiger partial charge in [0.05, 0.1) is 26.4 Å². The summed E-state index contributed by atoms with van der Waals surface area (Å²) >= 11 is 0. The molecule has 5 heteroatoms. The molecule has 1 heterocycles. The van der Waals surface area contributed by atoms with E-state index in [9.17, 15) is 4.79 Å². The van der Waals surface area contributed by atoms with E-state index in [1.807, 2.05) is 37.3 Å². The summed E-state index contributed by atoms with van der Waals surface area (Å²) in [5.41, 5.74) is 0.434. The minimum Gasteiger partial charge on any atom is -0.462 e. The Labute approximate surface area is 125 Å². The molecule has 0 amide bonds. The molecule has 1 aromatic rings. The van der Waals surface area contributed by atoms with Crippen molar-refractivity contribution in [3.05, 3.63) is 35.9 Å². The van der Waals surface area contributed by atoms with Crippen molar-refractivity contribution >= 4 is 5.97 Å². The van der Waals surface area contributed by atoms with E-state index in [4.69, 9.17) is 18.9 Å². The minimum absolute atomic E-state index is 0.289. The smallest absolute Gasteiger partial charge is 0.366 e. The topological polar surface area (TPSA) is 54.0 Å². The molecule has 0 bridgehead atoms. The van der Waals surface area contributed by atoms with Gasteiger partial charge in [0, 0.05) is 6.92 Å². The molecule has 0 aliphatic carbocycles. The first-order valence-corrected chi connectivity index (χ1v) is 7.10. The van der Waals surface area contributed by atoms with Gasteiger partial charge in [-0.25, -0.2) is 4.79 Å². The predicted octanol–water partition coefficient (Wildman–Crippen LogP) is 2.29. The Bertz CT molecular complexity index is 475. The quantitative estimate of drug-likeness (QED) is 0.753. The molecule has 0 spiro atoms. The van der Waals surface area contributed by atoms with Crippen molar-refractivity contribution in [2.45, 2.75) is 38.8 Å². The van der Waals surface area contributed by atoms with Gasteiger partial charge in [0.2, 0.25) is 0 Å². The second-order valence-electron chi connectivity index (χ2n) is 5.49. The summed E-state index contributed by atoms with van der Waals surface area (Å²) in [5, 5.41) is 0. The number of esters is 1. The van der Waals surface area contributed by atoms with Gasteiger partial charge in [0.1, 0.15) is 5.60 Å². The first kappa shape index (κ1) is 15.9. The lowest BCUT2D eigenvalue weighted by molar-refractivity contribution is -0.215. The zero-order valence-corrected chi connectivity index (χ0v) is 12.8. The van der Waals surface area contributed by atoms with Gasteiger partial charge in [-0.15, -0.1) is 0 Å². The molecule has 0 saturated carbocycles. The van der Waals surface area contributed by atoms with Crippen molar-refractivity contribution in [2.75, 3.05) is 19.8 Å². The lowest BCUT2D eigenvalue weighted by Crippen LogP contribution is -2.42. The van der Waals surface area contributed by atoms with Crippen molar-refractivity contribution in [3.8, 4) is 0 Å². The molecule has 2 rings (SSSR count). The zero-order chi connectivity index (χ0) is 15.3. The van der Waals surface area contributed by atoms with Crippen molar-refractivity contribution < 1.29 is 23.7 Å². The Morgan fingerprint density at radius 1 is 1.29 bits per heavy atom. The molecule has 0 aromatic heterocycles. The highest BCUT2D eigenvalue weighted by Gasteiger charge is 2.51. The van der Waals surface area contributed by atoms with Gasteiger partial charge < -0.3 is 18.9 Å². The average Bonchev–Trinajstić information content (AvgIpc) is 2.78. The molecular formula is C16H22O5. The number of hydrogen-bond acceptors (Lipinski definition) is 5. The SMILES string of the molecule is CCOC(=O)C1(C)OCC(C)(COCc2ccccc2)O1. The fourth-order valence-electron chi connectivity index (χ4n) is 2.21. The van der Waals surface area contributed by atoms with Crippen molar-refractivity contribution in [3.63, 3.8) is 0 Å². The molecule has 1 aliphatic heterocycles. The molecule has 21 heavy (non-hydrogen) atoms. The molecule has 1 aromatic carbocycles. The third-order valence-electron chi connectivity index (χ3n) is 3.26. The Hall–Kier alpha value is -1.43. The van der Waals surface area contributed by atoms with Crippen LogP contribution in [0.25, 0.3) is 0 Å². The van der Waals surface area contributed by atoms with Crippen molar-refractivity contribution in [1.29, 1.82) is 0 Å². The van der Waals surface area contributed by atoms with Crippen LogP contribution in [0, 0.1) is 0 Å². The zero-order valence-electron chi connectivity index (χ0n) is 12.8. The molecule has 2 atom stereocenters. The molecule has 1 fully saturated rings. The molecule has 2 unspecified atom stereocenters. The summed E-state index contributed by atoms with van der Waals surface area (Å²) < 4.78 is 21.9. The Morgan fingerprint density at radius 2 is 2.00 bits per heavy atom.